The summed E-state index contributed by atoms with van der Waals surface area (Å²) in [6, 6.07) is 3.71. The average Bonchev–Trinajstić information content (AvgIpc) is 2.95. The van der Waals surface area contributed by atoms with Crippen LogP contribution in [0.2, 0.25) is 5.02 Å². The molecule has 2 heterocycles. The summed E-state index contributed by atoms with van der Waals surface area (Å²) in [6.45, 7) is 7.87. The molecule has 0 atom stereocenters. The van der Waals surface area contributed by atoms with Crippen molar-refractivity contribution in [3.63, 3.8) is 0 Å². The van der Waals surface area contributed by atoms with Gasteiger partial charge in [0.15, 0.2) is 0 Å². The van der Waals surface area contributed by atoms with Crippen molar-refractivity contribution in [2.24, 2.45) is 0 Å². The van der Waals surface area contributed by atoms with Gasteiger partial charge < -0.3 is 10.1 Å². The first kappa shape index (κ1) is 15.5. The lowest BCUT2D eigenvalue weighted by Crippen LogP contribution is -2.25. The molecule has 0 aliphatic carbocycles. The lowest BCUT2D eigenvalue weighted by Gasteiger charge is -2.15. The second-order valence-electron chi connectivity index (χ2n) is 5.15. The number of aromatic nitrogens is 1. The number of ether oxygens (including phenoxy) is 1. The van der Waals surface area contributed by atoms with Crippen LogP contribution in [0.5, 0.6) is 5.88 Å². The quantitative estimate of drug-likeness (QED) is 0.749. The van der Waals surface area contributed by atoms with Gasteiger partial charge in [0.25, 0.3) is 0 Å². The zero-order chi connectivity index (χ0) is 14.2. The van der Waals surface area contributed by atoms with Crippen LogP contribution in [0.3, 0.4) is 0 Å². The van der Waals surface area contributed by atoms with E-state index in [1.807, 2.05) is 12.1 Å². The number of pyridine rings is 1. The number of rotatable bonds is 8. The van der Waals surface area contributed by atoms with Crippen molar-refractivity contribution in [1.29, 1.82) is 0 Å². The minimum absolute atomic E-state index is 0.668. The Morgan fingerprint density at radius 2 is 2.15 bits per heavy atom. The molecule has 2 rings (SSSR count). The number of hydrogen-bond donors (Lipinski definition) is 1. The third-order valence-corrected chi connectivity index (χ3v) is 3.81. The predicted molar refractivity (Wildman–Crippen MR) is 82.4 cm³/mol. The van der Waals surface area contributed by atoms with Crippen LogP contribution in [0.4, 0.5) is 0 Å². The fraction of sp³-hybridized carbons (Fsp3) is 0.667. The summed E-state index contributed by atoms with van der Waals surface area (Å²) in [4.78, 5) is 6.90. The Morgan fingerprint density at radius 1 is 1.35 bits per heavy atom. The number of hydrogen-bond acceptors (Lipinski definition) is 4. The Balaban J connectivity index is 1.79. The molecule has 5 heteroatoms. The van der Waals surface area contributed by atoms with E-state index in [0.717, 1.165) is 25.2 Å². The summed E-state index contributed by atoms with van der Waals surface area (Å²) in [5.41, 5.74) is 0.860. The highest BCUT2D eigenvalue weighted by atomic mass is 35.5. The lowest BCUT2D eigenvalue weighted by molar-refractivity contribution is 0.231. The first-order valence-corrected chi connectivity index (χ1v) is 7.88. The van der Waals surface area contributed by atoms with Crippen molar-refractivity contribution in [2.45, 2.75) is 32.7 Å². The van der Waals surface area contributed by atoms with E-state index in [1.165, 1.54) is 25.9 Å². The maximum absolute atomic E-state index is 6.15. The Labute approximate surface area is 126 Å². The van der Waals surface area contributed by atoms with Crippen molar-refractivity contribution < 1.29 is 4.74 Å². The van der Waals surface area contributed by atoms with Crippen LogP contribution in [-0.2, 0) is 6.54 Å². The third kappa shape index (κ3) is 4.93. The standard InChI is InChI=1S/C15H24ClN3O/c1-2-7-17-12-14-13(16)5-6-15(18-14)20-11-10-19-8-3-4-9-19/h5-6,17H,2-4,7-12H2,1H3. The van der Waals surface area contributed by atoms with E-state index in [-0.39, 0.29) is 0 Å². The van der Waals surface area contributed by atoms with E-state index in [0.29, 0.717) is 24.1 Å². The first-order chi connectivity index (χ1) is 9.79. The molecule has 4 nitrogen and oxygen atoms in total. The molecule has 112 valence electrons. The highest BCUT2D eigenvalue weighted by Crippen LogP contribution is 2.18. The fourth-order valence-electron chi connectivity index (χ4n) is 2.34. The largest absolute Gasteiger partial charge is 0.476 e. The van der Waals surface area contributed by atoms with E-state index < -0.39 is 0 Å². The second-order valence-corrected chi connectivity index (χ2v) is 5.56. The van der Waals surface area contributed by atoms with E-state index in [2.05, 4.69) is 22.1 Å². The van der Waals surface area contributed by atoms with E-state index in [4.69, 9.17) is 16.3 Å². The molecular weight excluding hydrogens is 274 g/mol. The molecule has 0 aromatic carbocycles. The molecule has 1 aromatic heterocycles. The van der Waals surface area contributed by atoms with Gasteiger partial charge in [0.1, 0.15) is 6.61 Å². The highest BCUT2D eigenvalue weighted by Gasteiger charge is 2.11. The summed E-state index contributed by atoms with van der Waals surface area (Å²) in [5.74, 6) is 0.668. The summed E-state index contributed by atoms with van der Waals surface area (Å²) in [5, 5.41) is 4.00. The molecule has 1 aliphatic heterocycles. The molecule has 1 saturated heterocycles. The monoisotopic (exact) mass is 297 g/mol. The smallest absolute Gasteiger partial charge is 0.213 e. The molecule has 0 radical (unpaired) electrons. The second kappa shape index (κ2) is 8.45. The average molecular weight is 298 g/mol. The minimum Gasteiger partial charge on any atom is -0.476 e. The Bertz CT molecular complexity index is 408. The van der Waals surface area contributed by atoms with Crippen molar-refractivity contribution in [2.75, 3.05) is 32.8 Å². The molecule has 1 fully saturated rings. The normalized spacial score (nSPS) is 15.7. The van der Waals surface area contributed by atoms with Gasteiger partial charge in [0.05, 0.1) is 10.7 Å². The van der Waals surface area contributed by atoms with Gasteiger partial charge in [-0.25, -0.2) is 4.98 Å². The van der Waals surface area contributed by atoms with E-state index in [9.17, 15) is 0 Å². The van der Waals surface area contributed by atoms with Gasteiger partial charge in [-0.2, -0.15) is 0 Å². The molecule has 0 saturated carbocycles. The Morgan fingerprint density at radius 3 is 2.90 bits per heavy atom. The maximum Gasteiger partial charge on any atom is 0.213 e. The van der Waals surface area contributed by atoms with Gasteiger partial charge in [-0.15, -0.1) is 0 Å². The van der Waals surface area contributed by atoms with Crippen molar-refractivity contribution in [3.05, 3.63) is 22.8 Å². The molecule has 1 N–H and O–H groups in total. The van der Waals surface area contributed by atoms with Crippen molar-refractivity contribution in [3.8, 4) is 5.88 Å². The summed E-state index contributed by atoms with van der Waals surface area (Å²) in [6.07, 6.45) is 3.72. The topological polar surface area (TPSA) is 37.4 Å². The summed E-state index contributed by atoms with van der Waals surface area (Å²) >= 11 is 6.15. The molecule has 1 aromatic rings. The molecule has 0 unspecified atom stereocenters. The van der Waals surface area contributed by atoms with Crippen LogP contribution in [0.25, 0.3) is 0 Å². The Hall–Kier alpha value is -0.840. The molecule has 0 spiro atoms. The molecular formula is C15H24ClN3O. The predicted octanol–water partition coefficient (Wildman–Crippen LogP) is 2.71. The van der Waals surface area contributed by atoms with Gasteiger partial charge in [-0.05, 0) is 45.0 Å². The van der Waals surface area contributed by atoms with Crippen LogP contribution in [0.1, 0.15) is 31.9 Å². The van der Waals surface area contributed by atoms with Gasteiger partial charge in [-0.3, -0.25) is 4.90 Å². The van der Waals surface area contributed by atoms with Crippen LogP contribution in [0.15, 0.2) is 12.1 Å². The molecule has 1 aliphatic rings. The third-order valence-electron chi connectivity index (χ3n) is 3.47. The summed E-state index contributed by atoms with van der Waals surface area (Å²) in [7, 11) is 0. The van der Waals surface area contributed by atoms with Gasteiger partial charge in [-0.1, -0.05) is 18.5 Å². The van der Waals surface area contributed by atoms with Crippen molar-refractivity contribution >= 4 is 11.6 Å². The molecule has 0 amide bonds. The number of nitrogens with one attached hydrogen (secondary N) is 1. The zero-order valence-corrected chi connectivity index (χ0v) is 13.0. The SMILES string of the molecule is CCCNCc1nc(OCCN2CCCC2)ccc1Cl. The van der Waals surface area contributed by atoms with Gasteiger partial charge in [0, 0.05) is 19.2 Å². The number of halogens is 1. The molecule has 20 heavy (non-hydrogen) atoms. The van der Waals surface area contributed by atoms with E-state index in [1.54, 1.807) is 0 Å². The zero-order valence-electron chi connectivity index (χ0n) is 12.2. The Kier molecular flexibility index (Phi) is 6.57. The number of nitrogens with zero attached hydrogens (tertiary/aromatic N) is 2. The van der Waals surface area contributed by atoms with Crippen molar-refractivity contribution in [1.82, 2.24) is 15.2 Å². The maximum atomic E-state index is 6.15. The van der Waals surface area contributed by atoms with Crippen LogP contribution >= 0.6 is 11.6 Å². The van der Waals surface area contributed by atoms with E-state index >= 15 is 0 Å². The minimum atomic E-state index is 0.668. The first-order valence-electron chi connectivity index (χ1n) is 7.51. The lowest BCUT2D eigenvalue weighted by atomic mass is 10.3. The van der Waals surface area contributed by atoms with Crippen LogP contribution in [0, 0.1) is 0 Å². The summed E-state index contributed by atoms with van der Waals surface area (Å²) < 4.78 is 5.73. The van der Waals surface area contributed by atoms with Gasteiger partial charge in [0.2, 0.25) is 5.88 Å². The molecule has 0 bridgehead atoms. The highest BCUT2D eigenvalue weighted by molar-refractivity contribution is 6.31. The number of likely N-dealkylation sites (tertiary alicyclic amines) is 1. The van der Waals surface area contributed by atoms with Gasteiger partial charge >= 0.3 is 0 Å². The fourth-order valence-corrected chi connectivity index (χ4v) is 2.51. The van der Waals surface area contributed by atoms with Crippen LogP contribution in [-0.4, -0.2) is 42.7 Å². The van der Waals surface area contributed by atoms with Crippen LogP contribution < -0.4 is 10.1 Å².